The molecule has 1 atom stereocenters. The van der Waals surface area contributed by atoms with E-state index in [1.54, 1.807) is 29.3 Å². The topological polar surface area (TPSA) is 124 Å². The van der Waals surface area contributed by atoms with Gasteiger partial charge in [-0.25, -0.2) is 23.4 Å². The minimum absolute atomic E-state index is 0.0217. The highest BCUT2D eigenvalue weighted by Crippen LogP contribution is 2.31. The van der Waals surface area contributed by atoms with Gasteiger partial charge in [-0.1, -0.05) is 11.8 Å². The standard InChI is InChI=1S/C27H28FN9O2S/c1-35-16-20(13-31-35)4-5-21-14-30-26(11-24(21)36-10-2-3-19(12-28)17-36)33-25-8-9-29-27(34-25)22-15-32-37(18-22)40(38,39)23-6-7-23/h8-9,11,13-16,18-19,23H,2-3,6-7,10,12,17H2,1H3,(H,29,30,33,34). The number of rotatable bonds is 7. The Hall–Kier alpha value is -4.31. The Morgan fingerprint density at radius 2 is 1.95 bits per heavy atom. The lowest BCUT2D eigenvalue weighted by molar-refractivity contribution is 0.316. The summed E-state index contributed by atoms with van der Waals surface area (Å²) in [5.74, 6) is 7.69. The van der Waals surface area contributed by atoms with E-state index in [0.717, 1.165) is 40.3 Å². The normalized spacial score (nSPS) is 17.4. The number of anilines is 3. The zero-order chi connectivity index (χ0) is 27.7. The molecule has 0 spiro atoms. The Morgan fingerprint density at radius 1 is 1.07 bits per heavy atom. The molecule has 0 aromatic carbocycles. The zero-order valence-corrected chi connectivity index (χ0v) is 22.7. The minimum Gasteiger partial charge on any atom is -0.370 e. The van der Waals surface area contributed by atoms with Gasteiger partial charge in [-0.15, -0.1) is 0 Å². The molecule has 6 rings (SSSR count). The molecule has 0 radical (unpaired) electrons. The summed E-state index contributed by atoms with van der Waals surface area (Å²) in [6, 6.07) is 3.60. The van der Waals surface area contributed by atoms with E-state index in [1.807, 2.05) is 19.3 Å². The SMILES string of the molecule is Cn1cc(C#Cc2cnc(Nc3ccnc(-c4cnn(S(=O)(=O)C5CC5)c4)n3)cc2N2CCCC(CF)C2)cn1. The lowest BCUT2D eigenvalue weighted by Gasteiger charge is -2.34. The molecule has 2 fully saturated rings. The maximum absolute atomic E-state index is 13.6. The summed E-state index contributed by atoms with van der Waals surface area (Å²) in [7, 11) is -1.64. The van der Waals surface area contributed by atoms with Crippen LogP contribution in [0.5, 0.6) is 0 Å². The molecule has 0 amide bonds. The third-order valence-electron chi connectivity index (χ3n) is 6.94. The van der Waals surface area contributed by atoms with Gasteiger partial charge in [-0.2, -0.15) is 14.3 Å². The molecule has 0 bridgehead atoms. The third-order valence-corrected chi connectivity index (χ3v) is 8.98. The van der Waals surface area contributed by atoms with Crippen LogP contribution in [-0.2, 0) is 17.1 Å². The number of pyridine rings is 1. The van der Waals surface area contributed by atoms with E-state index >= 15 is 0 Å². The maximum atomic E-state index is 13.6. The number of nitrogens with zero attached hydrogens (tertiary/aromatic N) is 8. The molecule has 11 nitrogen and oxygen atoms in total. The Balaban J connectivity index is 1.28. The lowest BCUT2D eigenvalue weighted by Crippen LogP contribution is -2.36. The van der Waals surface area contributed by atoms with Gasteiger partial charge in [-0.05, 0) is 31.7 Å². The van der Waals surface area contributed by atoms with Crippen LogP contribution in [0.3, 0.4) is 0 Å². The van der Waals surface area contributed by atoms with E-state index in [1.165, 1.54) is 12.4 Å². The highest BCUT2D eigenvalue weighted by Gasteiger charge is 2.37. The van der Waals surface area contributed by atoms with Crippen molar-refractivity contribution in [1.29, 1.82) is 0 Å². The van der Waals surface area contributed by atoms with E-state index in [9.17, 15) is 12.8 Å². The fourth-order valence-electron chi connectivity index (χ4n) is 4.68. The largest absolute Gasteiger partial charge is 0.370 e. The summed E-state index contributed by atoms with van der Waals surface area (Å²) in [6.45, 7) is 1.05. The molecule has 1 saturated carbocycles. The van der Waals surface area contributed by atoms with Crippen molar-refractivity contribution in [2.45, 2.75) is 30.9 Å². The summed E-state index contributed by atoms with van der Waals surface area (Å²) < 4.78 is 41.3. The van der Waals surface area contributed by atoms with Gasteiger partial charge in [0.25, 0.3) is 10.0 Å². The van der Waals surface area contributed by atoms with Crippen LogP contribution in [0.25, 0.3) is 11.4 Å². The Labute approximate surface area is 231 Å². The second-order valence-electron chi connectivity index (χ2n) is 10.1. The number of halogens is 1. The number of hydrogen-bond acceptors (Lipinski definition) is 9. The van der Waals surface area contributed by atoms with Crippen molar-refractivity contribution in [2.24, 2.45) is 13.0 Å². The third kappa shape index (κ3) is 5.53. The summed E-state index contributed by atoms with van der Waals surface area (Å²) in [5.41, 5.74) is 2.89. The summed E-state index contributed by atoms with van der Waals surface area (Å²) >= 11 is 0. The maximum Gasteiger partial charge on any atom is 0.256 e. The van der Waals surface area contributed by atoms with E-state index in [2.05, 4.69) is 47.2 Å². The van der Waals surface area contributed by atoms with Crippen molar-refractivity contribution < 1.29 is 12.8 Å². The number of piperidine rings is 1. The van der Waals surface area contributed by atoms with Crippen molar-refractivity contribution in [3.63, 3.8) is 0 Å². The zero-order valence-electron chi connectivity index (χ0n) is 21.9. The lowest BCUT2D eigenvalue weighted by atomic mass is 9.98. The smallest absolute Gasteiger partial charge is 0.256 e. The molecule has 5 heterocycles. The molecular weight excluding hydrogens is 533 g/mol. The molecule has 1 unspecified atom stereocenters. The van der Waals surface area contributed by atoms with Gasteiger partial charge < -0.3 is 10.2 Å². The van der Waals surface area contributed by atoms with Crippen molar-refractivity contribution in [3.8, 4) is 23.2 Å². The van der Waals surface area contributed by atoms with Crippen LogP contribution in [0, 0.1) is 17.8 Å². The first-order valence-electron chi connectivity index (χ1n) is 13.1. The second-order valence-corrected chi connectivity index (χ2v) is 12.2. The van der Waals surface area contributed by atoms with Gasteiger partial charge >= 0.3 is 0 Å². The number of aromatic nitrogens is 7. The van der Waals surface area contributed by atoms with E-state index in [-0.39, 0.29) is 17.8 Å². The van der Waals surface area contributed by atoms with Crippen LogP contribution in [0.1, 0.15) is 36.8 Å². The van der Waals surface area contributed by atoms with E-state index < -0.39 is 10.0 Å². The predicted molar refractivity (Wildman–Crippen MR) is 148 cm³/mol. The molecule has 1 saturated heterocycles. The van der Waals surface area contributed by atoms with Gasteiger partial charge in [0.1, 0.15) is 11.6 Å². The van der Waals surface area contributed by atoms with Crippen LogP contribution in [0.4, 0.5) is 21.7 Å². The molecule has 1 N–H and O–H groups in total. The average molecular weight is 562 g/mol. The highest BCUT2D eigenvalue weighted by atomic mass is 32.2. The molecule has 1 aliphatic heterocycles. The molecule has 1 aliphatic carbocycles. The molecule has 206 valence electrons. The fourth-order valence-corrected chi connectivity index (χ4v) is 6.16. The molecule has 13 heteroatoms. The van der Waals surface area contributed by atoms with Gasteiger partial charge in [-0.3, -0.25) is 9.07 Å². The van der Waals surface area contributed by atoms with E-state index in [4.69, 9.17) is 0 Å². The average Bonchev–Trinajstić information content (AvgIpc) is 3.57. The van der Waals surface area contributed by atoms with Crippen molar-refractivity contribution >= 4 is 27.3 Å². The number of aryl methyl sites for hydroxylation is 1. The monoisotopic (exact) mass is 561 g/mol. The van der Waals surface area contributed by atoms with Gasteiger partial charge in [0.2, 0.25) is 0 Å². The second kappa shape index (κ2) is 10.7. The summed E-state index contributed by atoms with van der Waals surface area (Å²) in [5, 5.41) is 11.0. The summed E-state index contributed by atoms with van der Waals surface area (Å²) in [6.07, 6.45) is 12.8. The first kappa shape index (κ1) is 25.9. The molecule has 4 aromatic heterocycles. The fraction of sp³-hybridized carbons (Fsp3) is 0.370. The molecule has 4 aromatic rings. The molecule has 2 aliphatic rings. The Kier molecular flexibility index (Phi) is 6.93. The van der Waals surface area contributed by atoms with Crippen molar-refractivity contribution in [3.05, 3.63) is 60.4 Å². The molecular formula is C27H28FN9O2S. The van der Waals surface area contributed by atoms with Crippen LogP contribution < -0.4 is 10.2 Å². The van der Waals surface area contributed by atoms with Crippen molar-refractivity contribution in [2.75, 3.05) is 30.0 Å². The molecule has 40 heavy (non-hydrogen) atoms. The first-order valence-corrected chi connectivity index (χ1v) is 14.6. The predicted octanol–water partition coefficient (Wildman–Crippen LogP) is 3.14. The van der Waals surface area contributed by atoms with Gasteiger partial charge in [0, 0.05) is 50.7 Å². The number of hydrogen-bond donors (Lipinski definition) is 1. The number of nitrogens with one attached hydrogen (secondary N) is 1. The van der Waals surface area contributed by atoms with Gasteiger partial charge in [0.15, 0.2) is 5.82 Å². The Bertz CT molecular complexity index is 1700. The van der Waals surface area contributed by atoms with Crippen LogP contribution in [0.15, 0.2) is 49.3 Å². The van der Waals surface area contributed by atoms with E-state index in [0.29, 0.717) is 42.4 Å². The highest BCUT2D eigenvalue weighted by molar-refractivity contribution is 7.90. The van der Waals surface area contributed by atoms with Crippen molar-refractivity contribution in [1.82, 2.24) is 33.9 Å². The van der Waals surface area contributed by atoms with Crippen LogP contribution in [-0.4, -0.2) is 67.4 Å². The van der Waals surface area contributed by atoms with Crippen LogP contribution in [0.2, 0.25) is 0 Å². The quantitative estimate of drug-likeness (QED) is 0.339. The van der Waals surface area contributed by atoms with Crippen LogP contribution >= 0.6 is 0 Å². The number of alkyl halides is 1. The minimum atomic E-state index is -3.48. The Morgan fingerprint density at radius 3 is 2.73 bits per heavy atom. The van der Waals surface area contributed by atoms with Gasteiger partial charge in [0.05, 0.1) is 52.9 Å². The summed E-state index contributed by atoms with van der Waals surface area (Å²) in [4.78, 5) is 15.6. The first-order chi connectivity index (χ1) is 19.4.